The van der Waals surface area contributed by atoms with Gasteiger partial charge in [0.2, 0.25) is 0 Å². The molecule has 0 bridgehead atoms. The second-order valence-electron chi connectivity index (χ2n) is 4.85. The summed E-state index contributed by atoms with van der Waals surface area (Å²) in [5.41, 5.74) is 0.429. The lowest BCUT2D eigenvalue weighted by Crippen LogP contribution is -2.33. The van der Waals surface area contributed by atoms with E-state index >= 15 is 0 Å². The zero-order chi connectivity index (χ0) is 10.7. The van der Waals surface area contributed by atoms with Gasteiger partial charge in [-0.15, -0.1) is 0 Å². The van der Waals surface area contributed by atoms with Crippen LogP contribution in [0, 0.1) is 5.92 Å². The minimum absolute atomic E-state index is 0.439. The first-order valence-electron chi connectivity index (χ1n) is 5.99. The van der Waals surface area contributed by atoms with Gasteiger partial charge in [0.1, 0.15) is 0 Å². The lowest BCUT2D eigenvalue weighted by molar-refractivity contribution is -0.0215. The smallest absolute Gasteiger partial charge is 0.0896 e. The fourth-order valence-corrected chi connectivity index (χ4v) is 2.68. The van der Waals surface area contributed by atoms with Crippen molar-refractivity contribution < 1.29 is 5.11 Å². The Labute approximate surface area is 92.1 Å². The van der Waals surface area contributed by atoms with Crippen molar-refractivity contribution in [3.05, 3.63) is 35.9 Å². The Bertz CT molecular complexity index is 296. The largest absolute Gasteiger partial charge is 0.385 e. The highest BCUT2D eigenvalue weighted by atomic mass is 16.3. The molecule has 0 saturated heterocycles. The summed E-state index contributed by atoms with van der Waals surface area (Å²) in [6, 6.07) is 10.1. The minimum Gasteiger partial charge on any atom is -0.385 e. The van der Waals surface area contributed by atoms with E-state index in [2.05, 4.69) is 0 Å². The van der Waals surface area contributed by atoms with Crippen LogP contribution in [-0.2, 0) is 5.60 Å². The van der Waals surface area contributed by atoms with E-state index in [1.807, 2.05) is 37.3 Å². The molecule has 1 aromatic carbocycles. The molecule has 0 aliphatic heterocycles. The minimum atomic E-state index is -0.637. The van der Waals surface area contributed by atoms with Crippen molar-refractivity contribution in [1.82, 2.24) is 0 Å². The van der Waals surface area contributed by atoms with Gasteiger partial charge in [-0.2, -0.15) is 0 Å². The quantitative estimate of drug-likeness (QED) is 0.782. The van der Waals surface area contributed by atoms with E-state index in [1.54, 1.807) is 0 Å². The van der Waals surface area contributed by atoms with Gasteiger partial charge < -0.3 is 5.11 Å². The topological polar surface area (TPSA) is 20.2 Å². The van der Waals surface area contributed by atoms with Gasteiger partial charge >= 0.3 is 0 Å². The maximum Gasteiger partial charge on any atom is 0.0896 e. The summed E-state index contributed by atoms with van der Waals surface area (Å²) < 4.78 is 0. The van der Waals surface area contributed by atoms with E-state index in [1.165, 1.54) is 32.1 Å². The molecule has 1 heteroatoms. The molecule has 1 atom stereocenters. The number of hydrogen-bond donors (Lipinski definition) is 1. The molecular weight excluding hydrogens is 184 g/mol. The van der Waals surface area contributed by atoms with Crippen molar-refractivity contribution in [3.63, 3.8) is 0 Å². The van der Waals surface area contributed by atoms with E-state index in [0.717, 1.165) is 5.56 Å². The molecule has 1 aliphatic rings. The lowest BCUT2D eigenvalue weighted by atomic mass is 9.74. The van der Waals surface area contributed by atoms with E-state index in [-0.39, 0.29) is 0 Å². The normalized spacial score (nSPS) is 22.3. The van der Waals surface area contributed by atoms with Gasteiger partial charge in [0.25, 0.3) is 0 Å². The summed E-state index contributed by atoms with van der Waals surface area (Å²) in [6.45, 7) is 1.97. The molecule has 0 radical (unpaired) electrons. The van der Waals surface area contributed by atoms with Crippen LogP contribution in [0.4, 0.5) is 0 Å². The molecule has 15 heavy (non-hydrogen) atoms. The highest BCUT2D eigenvalue weighted by Crippen LogP contribution is 2.38. The van der Waals surface area contributed by atoms with E-state index in [9.17, 15) is 5.11 Å². The summed E-state index contributed by atoms with van der Waals surface area (Å²) in [6.07, 6.45) is 6.21. The van der Waals surface area contributed by atoms with Gasteiger partial charge in [-0.3, -0.25) is 0 Å². The Hall–Kier alpha value is -0.820. The predicted octanol–water partition coefficient (Wildman–Crippen LogP) is 3.47. The summed E-state index contributed by atoms with van der Waals surface area (Å²) >= 11 is 0. The fraction of sp³-hybridized carbons (Fsp3) is 0.571. The van der Waals surface area contributed by atoms with Crippen LogP contribution in [0.15, 0.2) is 30.3 Å². The van der Waals surface area contributed by atoms with Gasteiger partial charge in [-0.05, 0) is 31.2 Å². The van der Waals surface area contributed by atoms with E-state index < -0.39 is 5.60 Å². The Balaban J connectivity index is 2.18. The first kappa shape index (κ1) is 10.7. The Morgan fingerprint density at radius 1 is 1.07 bits per heavy atom. The molecule has 0 aromatic heterocycles. The summed E-state index contributed by atoms with van der Waals surface area (Å²) in [5.74, 6) is 0.439. The lowest BCUT2D eigenvalue weighted by Gasteiger charge is -2.36. The molecule has 0 spiro atoms. The molecule has 1 unspecified atom stereocenters. The average molecular weight is 204 g/mol. The second-order valence-corrected chi connectivity index (χ2v) is 4.85. The number of benzene rings is 1. The zero-order valence-electron chi connectivity index (χ0n) is 9.45. The van der Waals surface area contributed by atoms with Gasteiger partial charge in [-0.1, -0.05) is 49.6 Å². The first-order chi connectivity index (χ1) is 7.21. The highest BCUT2D eigenvalue weighted by molar-refractivity contribution is 5.22. The predicted molar refractivity (Wildman–Crippen MR) is 62.6 cm³/mol. The van der Waals surface area contributed by atoms with Crippen LogP contribution in [-0.4, -0.2) is 5.11 Å². The standard InChI is InChI=1S/C14H20O/c1-14(15,12-8-4-2-5-9-12)13-10-6-3-7-11-13/h2,4-5,8-9,13,15H,3,6-7,10-11H2,1H3. The van der Waals surface area contributed by atoms with E-state index in [4.69, 9.17) is 0 Å². The average Bonchev–Trinajstić information content (AvgIpc) is 2.31. The number of rotatable bonds is 2. The molecule has 82 valence electrons. The Morgan fingerprint density at radius 2 is 1.67 bits per heavy atom. The van der Waals surface area contributed by atoms with Crippen molar-refractivity contribution in [2.75, 3.05) is 0 Å². The van der Waals surface area contributed by atoms with Crippen LogP contribution in [0.2, 0.25) is 0 Å². The van der Waals surface area contributed by atoms with Crippen molar-refractivity contribution in [2.45, 2.75) is 44.6 Å². The molecule has 1 fully saturated rings. The zero-order valence-corrected chi connectivity index (χ0v) is 9.45. The van der Waals surface area contributed by atoms with Crippen molar-refractivity contribution in [3.8, 4) is 0 Å². The van der Waals surface area contributed by atoms with Gasteiger partial charge in [0.15, 0.2) is 0 Å². The maximum atomic E-state index is 10.6. The molecule has 1 aromatic rings. The number of hydrogen-bond acceptors (Lipinski definition) is 1. The third-order valence-electron chi connectivity index (χ3n) is 3.76. The van der Waals surface area contributed by atoms with E-state index in [0.29, 0.717) is 5.92 Å². The van der Waals surface area contributed by atoms with Gasteiger partial charge in [0.05, 0.1) is 5.60 Å². The summed E-state index contributed by atoms with van der Waals surface area (Å²) in [7, 11) is 0. The number of aliphatic hydroxyl groups is 1. The maximum absolute atomic E-state index is 10.6. The van der Waals surface area contributed by atoms with Gasteiger partial charge in [0, 0.05) is 0 Å². The first-order valence-corrected chi connectivity index (χ1v) is 5.99. The summed E-state index contributed by atoms with van der Waals surface area (Å²) in [4.78, 5) is 0. The molecule has 1 N–H and O–H groups in total. The summed E-state index contributed by atoms with van der Waals surface area (Å²) in [5, 5.41) is 10.6. The highest BCUT2D eigenvalue weighted by Gasteiger charge is 2.33. The van der Waals surface area contributed by atoms with Gasteiger partial charge in [-0.25, -0.2) is 0 Å². The van der Waals surface area contributed by atoms with Crippen LogP contribution in [0.3, 0.4) is 0 Å². The fourth-order valence-electron chi connectivity index (χ4n) is 2.68. The van der Waals surface area contributed by atoms with Crippen LogP contribution < -0.4 is 0 Å². The van der Waals surface area contributed by atoms with Crippen molar-refractivity contribution in [1.29, 1.82) is 0 Å². The molecular formula is C14H20O. The Morgan fingerprint density at radius 3 is 2.27 bits per heavy atom. The molecule has 1 aliphatic carbocycles. The van der Waals surface area contributed by atoms with Crippen LogP contribution in [0.5, 0.6) is 0 Å². The third kappa shape index (κ3) is 2.23. The van der Waals surface area contributed by atoms with Crippen molar-refractivity contribution >= 4 is 0 Å². The van der Waals surface area contributed by atoms with Crippen LogP contribution in [0.1, 0.15) is 44.6 Å². The SMILES string of the molecule is CC(O)(c1ccccc1)C1CCCCC1. The molecule has 0 heterocycles. The molecule has 1 nitrogen and oxygen atoms in total. The van der Waals surface area contributed by atoms with Crippen LogP contribution >= 0.6 is 0 Å². The monoisotopic (exact) mass is 204 g/mol. The Kier molecular flexibility index (Phi) is 3.11. The second kappa shape index (κ2) is 4.36. The third-order valence-corrected chi connectivity index (χ3v) is 3.76. The molecule has 0 amide bonds. The molecule has 1 saturated carbocycles. The van der Waals surface area contributed by atoms with Crippen LogP contribution in [0.25, 0.3) is 0 Å². The molecule has 2 rings (SSSR count). The van der Waals surface area contributed by atoms with Crippen molar-refractivity contribution in [2.24, 2.45) is 5.92 Å².